The summed E-state index contributed by atoms with van der Waals surface area (Å²) in [4.78, 5) is 14.3. The quantitative estimate of drug-likeness (QED) is 0.695. The summed E-state index contributed by atoms with van der Waals surface area (Å²) in [5, 5.41) is 6.25. The summed E-state index contributed by atoms with van der Waals surface area (Å²) in [6.07, 6.45) is 1.09. The molecule has 2 heterocycles. The minimum atomic E-state index is -2.86. The minimum absolute atomic E-state index is 0.0152. The predicted molar refractivity (Wildman–Crippen MR) is 73.7 cm³/mol. The normalized spacial score (nSPS) is 26.8. The first-order chi connectivity index (χ1) is 8.98. The van der Waals surface area contributed by atoms with E-state index in [4.69, 9.17) is 0 Å². The molecule has 0 aliphatic carbocycles. The molecule has 6 nitrogen and oxygen atoms in total. The fraction of sp³-hybridized carbons (Fsp3) is 0.917. The van der Waals surface area contributed by atoms with Crippen LogP contribution < -0.4 is 10.6 Å². The van der Waals surface area contributed by atoms with E-state index in [0.717, 1.165) is 26.2 Å². The Morgan fingerprint density at radius 2 is 1.84 bits per heavy atom. The molecule has 1 unspecified atom stereocenters. The first-order valence-corrected chi connectivity index (χ1v) is 8.76. The van der Waals surface area contributed by atoms with Crippen molar-refractivity contribution in [2.75, 3.05) is 37.7 Å². The van der Waals surface area contributed by atoms with E-state index in [1.165, 1.54) is 0 Å². The molecule has 0 bridgehead atoms. The van der Waals surface area contributed by atoms with Gasteiger partial charge < -0.3 is 10.6 Å². The lowest BCUT2D eigenvalue weighted by molar-refractivity contribution is -0.126. The number of rotatable bonds is 3. The Morgan fingerprint density at radius 3 is 2.42 bits per heavy atom. The maximum absolute atomic E-state index is 12.1. The smallest absolute Gasteiger partial charge is 0.237 e. The lowest BCUT2D eigenvalue weighted by atomic mass is 10.1. The molecule has 0 aromatic rings. The number of amides is 1. The van der Waals surface area contributed by atoms with Crippen molar-refractivity contribution >= 4 is 15.7 Å². The van der Waals surface area contributed by atoms with Gasteiger partial charge in [0.2, 0.25) is 5.91 Å². The number of nitrogens with one attached hydrogen (secondary N) is 2. The molecule has 2 saturated heterocycles. The number of hydrogen-bond acceptors (Lipinski definition) is 5. The molecule has 2 fully saturated rings. The zero-order valence-corrected chi connectivity index (χ0v) is 12.2. The Balaban J connectivity index is 1.80. The summed E-state index contributed by atoms with van der Waals surface area (Å²) in [5.41, 5.74) is 0. The molecule has 19 heavy (non-hydrogen) atoms. The van der Waals surface area contributed by atoms with Crippen LogP contribution in [0.3, 0.4) is 0 Å². The summed E-state index contributed by atoms with van der Waals surface area (Å²) in [6.45, 7) is 5.51. The Hall–Kier alpha value is -0.660. The molecule has 2 N–H and O–H groups in total. The van der Waals surface area contributed by atoms with E-state index in [1.54, 1.807) is 0 Å². The van der Waals surface area contributed by atoms with E-state index in [1.807, 2.05) is 6.92 Å². The number of nitrogens with zero attached hydrogens (tertiary/aromatic N) is 1. The highest BCUT2D eigenvalue weighted by atomic mass is 32.2. The van der Waals surface area contributed by atoms with Crippen LogP contribution in [0, 0.1) is 0 Å². The molecule has 0 aromatic heterocycles. The molecule has 0 radical (unpaired) electrons. The zero-order valence-electron chi connectivity index (χ0n) is 11.4. The van der Waals surface area contributed by atoms with E-state index in [9.17, 15) is 13.2 Å². The molecule has 110 valence electrons. The van der Waals surface area contributed by atoms with Crippen LogP contribution in [-0.4, -0.2) is 69.0 Å². The van der Waals surface area contributed by atoms with Gasteiger partial charge in [0.05, 0.1) is 17.5 Å². The number of hydrogen-bond donors (Lipinski definition) is 2. The van der Waals surface area contributed by atoms with Crippen molar-refractivity contribution in [3.8, 4) is 0 Å². The van der Waals surface area contributed by atoms with Gasteiger partial charge in [0.1, 0.15) is 9.84 Å². The maximum Gasteiger partial charge on any atom is 0.237 e. The van der Waals surface area contributed by atoms with Crippen LogP contribution in [0.5, 0.6) is 0 Å². The zero-order chi connectivity index (χ0) is 13.9. The summed E-state index contributed by atoms with van der Waals surface area (Å²) in [5.74, 6) is 0.408. The second-order valence-electron chi connectivity index (χ2n) is 5.40. The average Bonchev–Trinajstić information content (AvgIpc) is 2.41. The Bertz CT molecular complexity index is 404. The van der Waals surface area contributed by atoms with Gasteiger partial charge in [-0.25, -0.2) is 8.42 Å². The van der Waals surface area contributed by atoms with Crippen molar-refractivity contribution in [3.05, 3.63) is 0 Å². The molecular formula is C12H23N3O3S. The monoisotopic (exact) mass is 289 g/mol. The van der Waals surface area contributed by atoms with Gasteiger partial charge >= 0.3 is 0 Å². The van der Waals surface area contributed by atoms with Crippen molar-refractivity contribution < 1.29 is 13.2 Å². The highest BCUT2D eigenvalue weighted by Gasteiger charge is 2.28. The van der Waals surface area contributed by atoms with Crippen molar-refractivity contribution in [1.82, 2.24) is 15.5 Å². The molecule has 0 spiro atoms. The van der Waals surface area contributed by atoms with Crippen LogP contribution in [0.1, 0.15) is 19.8 Å². The van der Waals surface area contributed by atoms with Gasteiger partial charge in [-0.05, 0) is 19.8 Å². The Kier molecular flexibility index (Phi) is 4.81. The third kappa shape index (κ3) is 4.15. The van der Waals surface area contributed by atoms with Gasteiger partial charge in [-0.2, -0.15) is 0 Å². The van der Waals surface area contributed by atoms with Crippen LogP contribution in [-0.2, 0) is 14.6 Å². The number of sulfone groups is 1. The standard InChI is InChI=1S/C12H23N3O3S/c1-10(15-6-4-13-5-7-15)12(16)14-11-2-8-19(17,18)9-3-11/h10-11,13H,2-9H2,1H3,(H,14,16). The van der Waals surface area contributed by atoms with Crippen molar-refractivity contribution in [1.29, 1.82) is 0 Å². The number of carbonyl (C=O) groups is 1. The van der Waals surface area contributed by atoms with Crippen LogP contribution in [0.4, 0.5) is 0 Å². The van der Waals surface area contributed by atoms with Crippen LogP contribution in [0.2, 0.25) is 0 Å². The molecule has 2 aliphatic rings. The largest absolute Gasteiger partial charge is 0.352 e. The van der Waals surface area contributed by atoms with Gasteiger partial charge in [-0.1, -0.05) is 0 Å². The molecular weight excluding hydrogens is 266 g/mol. The van der Waals surface area contributed by atoms with Gasteiger partial charge in [0.15, 0.2) is 0 Å². The molecule has 7 heteroatoms. The second-order valence-corrected chi connectivity index (χ2v) is 7.70. The highest BCUT2D eigenvalue weighted by Crippen LogP contribution is 2.13. The van der Waals surface area contributed by atoms with Gasteiger partial charge in [-0.15, -0.1) is 0 Å². The van der Waals surface area contributed by atoms with E-state index in [0.29, 0.717) is 12.8 Å². The van der Waals surface area contributed by atoms with E-state index in [-0.39, 0.29) is 29.5 Å². The molecule has 0 saturated carbocycles. The highest BCUT2D eigenvalue weighted by molar-refractivity contribution is 7.91. The molecule has 2 rings (SSSR count). The van der Waals surface area contributed by atoms with Crippen molar-refractivity contribution in [2.24, 2.45) is 0 Å². The summed E-state index contributed by atoms with van der Waals surface area (Å²) >= 11 is 0. The van der Waals surface area contributed by atoms with E-state index < -0.39 is 9.84 Å². The summed E-state index contributed by atoms with van der Waals surface area (Å²) in [7, 11) is -2.86. The second kappa shape index (κ2) is 6.19. The average molecular weight is 289 g/mol. The fourth-order valence-corrected chi connectivity index (χ4v) is 4.08. The lowest BCUT2D eigenvalue weighted by Gasteiger charge is -2.33. The molecule has 0 aromatic carbocycles. The van der Waals surface area contributed by atoms with Crippen LogP contribution >= 0.6 is 0 Å². The van der Waals surface area contributed by atoms with Gasteiger partial charge in [0, 0.05) is 32.2 Å². The molecule has 2 aliphatic heterocycles. The molecule has 1 amide bonds. The first-order valence-electron chi connectivity index (χ1n) is 6.93. The summed E-state index contributed by atoms with van der Waals surface area (Å²) in [6, 6.07) is -0.123. The third-order valence-electron chi connectivity index (χ3n) is 3.98. The maximum atomic E-state index is 12.1. The lowest BCUT2D eigenvalue weighted by Crippen LogP contribution is -2.54. The van der Waals surface area contributed by atoms with Crippen LogP contribution in [0.15, 0.2) is 0 Å². The van der Waals surface area contributed by atoms with Gasteiger partial charge in [0.25, 0.3) is 0 Å². The Labute approximate surface area is 114 Å². The van der Waals surface area contributed by atoms with E-state index in [2.05, 4.69) is 15.5 Å². The minimum Gasteiger partial charge on any atom is -0.352 e. The molecule has 1 atom stereocenters. The summed E-state index contributed by atoms with van der Waals surface area (Å²) < 4.78 is 22.7. The van der Waals surface area contributed by atoms with Crippen molar-refractivity contribution in [2.45, 2.75) is 31.8 Å². The topological polar surface area (TPSA) is 78.5 Å². The number of piperazine rings is 1. The van der Waals surface area contributed by atoms with Crippen molar-refractivity contribution in [3.63, 3.8) is 0 Å². The fourth-order valence-electron chi connectivity index (χ4n) is 2.59. The van der Waals surface area contributed by atoms with E-state index >= 15 is 0 Å². The first kappa shape index (κ1) is 14.7. The Morgan fingerprint density at radius 1 is 1.26 bits per heavy atom. The predicted octanol–water partition coefficient (Wildman–Crippen LogP) is -1.03. The number of carbonyl (C=O) groups excluding carboxylic acids is 1. The van der Waals surface area contributed by atoms with Gasteiger partial charge in [-0.3, -0.25) is 9.69 Å². The SMILES string of the molecule is CC(C(=O)NC1CCS(=O)(=O)CC1)N1CCNCC1. The third-order valence-corrected chi connectivity index (χ3v) is 5.70. The van der Waals surface area contributed by atoms with Crippen LogP contribution in [0.25, 0.3) is 0 Å².